The number of halogens is 1. The van der Waals surface area contributed by atoms with Crippen molar-refractivity contribution in [2.75, 3.05) is 33.7 Å². The van der Waals surface area contributed by atoms with Crippen LogP contribution in [0.5, 0.6) is 0 Å². The van der Waals surface area contributed by atoms with E-state index in [4.69, 9.17) is 13.3 Å². The molecule has 1 unspecified atom stereocenters. The van der Waals surface area contributed by atoms with Crippen LogP contribution < -0.4 is 0 Å². The molecule has 0 aliphatic rings. The molecule has 0 aromatic rings. The minimum Gasteiger partial charge on any atom is -0.377 e. The van der Waals surface area contributed by atoms with E-state index >= 15 is 0 Å². The second-order valence-electron chi connectivity index (χ2n) is 6.84. The molecule has 0 fully saturated rings. The van der Waals surface area contributed by atoms with Crippen LogP contribution in [0.2, 0.25) is 6.04 Å². The Labute approximate surface area is 173 Å². The third kappa shape index (κ3) is 14.9. The lowest BCUT2D eigenvalue weighted by atomic mass is 10.1. The first-order chi connectivity index (χ1) is 12.1. The Morgan fingerprint density at radius 2 is 1.04 bits per heavy atom. The Balaban J connectivity index is 3.42. The van der Waals surface area contributed by atoms with E-state index in [1.54, 1.807) is 21.3 Å². The fourth-order valence-electron chi connectivity index (χ4n) is 3.08. The molecule has 0 heterocycles. The summed E-state index contributed by atoms with van der Waals surface area (Å²) in [6.07, 6.45) is 19.6. The maximum Gasteiger partial charge on any atom is 0.500 e. The van der Waals surface area contributed by atoms with Gasteiger partial charge in [0.15, 0.2) is 0 Å². The highest BCUT2D eigenvalue weighted by atomic mass is 127. The van der Waals surface area contributed by atoms with E-state index in [2.05, 4.69) is 29.0 Å². The lowest BCUT2D eigenvalue weighted by Crippen LogP contribution is -2.42. The van der Waals surface area contributed by atoms with Gasteiger partial charge in [0.1, 0.15) is 0 Å². The van der Waals surface area contributed by atoms with Crippen molar-refractivity contribution >= 4 is 36.4 Å². The first kappa shape index (κ1) is 26.3. The molecular formula is C19H42IO3PSi. The van der Waals surface area contributed by atoms with Crippen molar-refractivity contribution in [3.8, 4) is 0 Å². The maximum absolute atomic E-state index is 5.49. The largest absolute Gasteiger partial charge is 0.500 e. The van der Waals surface area contributed by atoms with E-state index in [1.165, 1.54) is 83.0 Å². The predicted octanol–water partition coefficient (Wildman–Crippen LogP) is 7.40. The molecule has 25 heavy (non-hydrogen) atoms. The number of rotatable bonds is 19. The fraction of sp³-hybridized carbons (Fsp3) is 1.00. The molecule has 0 saturated heterocycles. The van der Waals surface area contributed by atoms with Gasteiger partial charge in [0.05, 0.1) is 0 Å². The van der Waals surface area contributed by atoms with Crippen molar-refractivity contribution < 1.29 is 13.3 Å². The highest BCUT2D eigenvalue weighted by Crippen LogP contribution is 2.46. The van der Waals surface area contributed by atoms with Crippen molar-refractivity contribution in [3.63, 3.8) is 0 Å². The smallest absolute Gasteiger partial charge is 0.377 e. The molecule has 152 valence electrons. The summed E-state index contributed by atoms with van der Waals surface area (Å²) in [5.41, 5.74) is 0.141. The summed E-state index contributed by atoms with van der Waals surface area (Å²) < 4.78 is 16.5. The molecule has 0 rings (SSSR count). The molecule has 0 saturated carbocycles. The van der Waals surface area contributed by atoms with Crippen molar-refractivity contribution in [2.24, 2.45) is 0 Å². The molecule has 6 heteroatoms. The molecular weight excluding hydrogens is 462 g/mol. The molecule has 0 N–H and O–H groups in total. The van der Waals surface area contributed by atoms with Gasteiger partial charge in [0.25, 0.3) is 0 Å². The van der Waals surface area contributed by atoms with E-state index < -0.39 is 8.80 Å². The normalized spacial score (nSPS) is 13.3. The van der Waals surface area contributed by atoms with Gasteiger partial charge >= 0.3 is 8.80 Å². The fourth-order valence-corrected chi connectivity index (χ4v) is 8.44. The molecule has 0 spiro atoms. The SMILES string of the molecule is CCCCCCCCCCCCCP(I)CCC[Si](OC)(OC)OC. The van der Waals surface area contributed by atoms with Gasteiger partial charge in [-0.15, -0.1) is 0 Å². The van der Waals surface area contributed by atoms with Crippen LogP contribution in [0.3, 0.4) is 0 Å². The van der Waals surface area contributed by atoms with Crippen molar-refractivity contribution in [1.29, 1.82) is 0 Å². The van der Waals surface area contributed by atoms with Crippen molar-refractivity contribution in [3.05, 3.63) is 0 Å². The average molecular weight is 505 g/mol. The molecule has 3 nitrogen and oxygen atoms in total. The summed E-state index contributed by atoms with van der Waals surface area (Å²) in [5, 5.41) is 0. The average Bonchev–Trinajstić information content (AvgIpc) is 2.63. The van der Waals surface area contributed by atoms with E-state index in [-0.39, 0.29) is 5.56 Å². The first-order valence-electron chi connectivity index (χ1n) is 10.2. The predicted molar refractivity (Wildman–Crippen MR) is 123 cm³/mol. The van der Waals surface area contributed by atoms with Crippen LogP contribution in [0.25, 0.3) is 0 Å². The topological polar surface area (TPSA) is 27.7 Å². The first-order valence-corrected chi connectivity index (χ1v) is 16.6. The summed E-state index contributed by atoms with van der Waals surface area (Å²) in [6, 6.07) is 0.941. The van der Waals surface area contributed by atoms with Crippen LogP contribution in [0, 0.1) is 0 Å². The molecule has 0 aliphatic heterocycles. The summed E-state index contributed by atoms with van der Waals surface area (Å²) in [7, 11) is 2.77. The zero-order chi connectivity index (χ0) is 18.8. The van der Waals surface area contributed by atoms with Crippen LogP contribution in [-0.4, -0.2) is 42.5 Å². The minimum absolute atomic E-state index is 0.141. The van der Waals surface area contributed by atoms with Gasteiger partial charge in [-0.05, 0) is 30.7 Å². The lowest BCUT2D eigenvalue weighted by Gasteiger charge is -2.24. The van der Waals surface area contributed by atoms with Crippen LogP contribution in [0.1, 0.15) is 84.0 Å². The van der Waals surface area contributed by atoms with Crippen LogP contribution in [0.4, 0.5) is 0 Å². The molecule has 0 radical (unpaired) electrons. The number of hydrogen-bond acceptors (Lipinski definition) is 3. The minimum atomic E-state index is -2.35. The zero-order valence-electron chi connectivity index (χ0n) is 17.2. The molecule has 0 aromatic carbocycles. The van der Waals surface area contributed by atoms with Gasteiger partial charge in [-0.3, -0.25) is 0 Å². The van der Waals surface area contributed by atoms with E-state index in [1.807, 2.05) is 0 Å². The molecule has 0 aromatic heterocycles. The molecule has 1 atom stereocenters. The number of hydrogen-bond donors (Lipinski definition) is 0. The molecule has 0 amide bonds. The van der Waals surface area contributed by atoms with Crippen LogP contribution >= 0.6 is 27.6 Å². The monoisotopic (exact) mass is 504 g/mol. The second kappa shape index (κ2) is 18.6. The Morgan fingerprint density at radius 3 is 1.48 bits per heavy atom. The Bertz CT molecular complexity index is 273. The van der Waals surface area contributed by atoms with Gasteiger partial charge in [-0.25, -0.2) is 0 Å². The molecule has 0 aliphatic carbocycles. The Hall–Kier alpha value is 1.26. The second-order valence-corrected chi connectivity index (χ2v) is 15.8. The lowest BCUT2D eigenvalue weighted by molar-refractivity contribution is 0.123. The zero-order valence-corrected chi connectivity index (χ0v) is 21.2. The Morgan fingerprint density at radius 1 is 0.640 bits per heavy atom. The van der Waals surface area contributed by atoms with Gasteiger partial charge in [0.2, 0.25) is 0 Å². The maximum atomic E-state index is 5.49. The third-order valence-electron chi connectivity index (χ3n) is 4.82. The van der Waals surface area contributed by atoms with Crippen LogP contribution in [-0.2, 0) is 13.3 Å². The van der Waals surface area contributed by atoms with Gasteiger partial charge < -0.3 is 13.3 Å². The summed E-state index contributed by atoms with van der Waals surface area (Å²) in [6.45, 7) is 2.29. The van der Waals surface area contributed by atoms with E-state index in [9.17, 15) is 0 Å². The summed E-state index contributed by atoms with van der Waals surface area (Å²) >= 11 is 2.68. The van der Waals surface area contributed by atoms with Crippen molar-refractivity contribution in [2.45, 2.75) is 90.0 Å². The highest BCUT2D eigenvalue weighted by Gasteiger charge is 2.36. The van der Waals surface area contributed by atoms with Gasteiger partial charge in [-0.1, -0.05) is 93.2 Å². The van der Waals surface area contributed by atoms with Crippen LogP contribution in [0.15, 0.2) is 0 Å². The number of unbranched alkanes of at least 4 members (excludes halogenated alkanes) is 10. The van der Waals surface area contributed by atoms with E-state index in [0.29, 0.717) is 0 Å². The summed E-state index contributed by atoms with van der Waals surface area (Å²) in [4.78, 5) is 0. The standard InChI is InChI=1S/C19H42IO3PSi/c1-5-6-7-8-9-10-11-12-13-14-15-17-24(20)18-16-19-25(21-2,22-3)23-4/h5-19H2,1-4H3. The summed E-state index contributed by atoms with van der Waals surface area (Å²) in [5.74, 6) is 0. The molecule has 0 bridgehead atoms. The Kier molecular flexibility index (Phi) is 19.5. The van der Waals surface area contributed by atoms with Gasteiger partial charge in [0, 0.05) is 27.4 Å². The van der Waals surface area contributed by atoms with Gasteiger partial charge in [-0.2, -0.15) is 0 Å². The third-order valence-corrected chi connectivity index (χ3v) is 12.2. The highest BCUT2D eigenvalue weighted by molar-refractivity contribution is 14.2. The quantitative estimate of drug-likeness (QED) is 0.0794. The van der Waals surface area contributed by atoms with Crippen molar-refractivity contribution in [1.82, 2.24) is 0 Å². The van der Waals surface area contributed by atoms with E-state index in [0.717, 1.165) is 12.5 Å².